The van der Waals surface area contributed by atoms with Gasteiger partial charge in [0.2, 0.25) is 5.95 Å². The molecule has 2 aromatic carbocycles. The molecule has 1 atom stereocenters. The summed E-state index contributed by atoms with van der Waals surface area (Å²) in [5, 5.41) is 20.8. The number of hydrogen-bond donors (Lipinski definition) is 2. The molecule has 224 valence electrons. The highest BCUT2D eigenvalue weighted by Crippen LogP contribution is 2.37. The largest absolute Gasteiger partial charge is 0.493 e. The zero-order valence-corrected chi connectivity index (χ0v) is 25.0. The lowest BCUT2D eigenvalue weighted by atomic mass is 10.00. The van der Waals surface area contributed by atoms with Gasteiger partial charge in [0, 0.05) is 43.7 Å². The first-order valence-electron chi connectivity index (χ1n) is 14.4. The molecule has 2 N–H and O–H groups in total. The number of hydrogen-bond acceptors (Lipinski definition) is 10. The highest BCUT2D eigenvalue weighted by Gasteiger charge is 2.29. The number of aryl methyl sites for hydroxylation is 2. The minimum Gasteiger partial charge on any atom is -0.493 e. The van der Waals surface area contributed by atoms with Crippen molar-refractivity contribution in [2.45, 2.75) is 45.7 Å². The van der Waals surface area contributed by atoms with E-state index in [1.54, 1.807) is 19.1 Å². The van der Waals surface area contributed by atoms with Crippen LogP contribution in [-0.4, -0.2) is 88.2 Å². The van der Waals surface area contributed by atoms with E-state index in [0.29, 0.717) is 41.4 Å². The van der Waals surface area contributed by atoms with Crippen molar-refractivity contribution in [3.8, 4) is 11.5 Å². The van der Waals surface area contributed by atoms with Crippen molar-refractivity contribution in [3.63, 3.8) is 0 Å². The van der Waals surface area contributed by atoms with Gasteiger partial charge in [-0.25, -0.2) is 15.0 Å². The number of aliphatic hydroxyl groups excluding tert-OH is 2. The van der Waals surface area contributed by atoms with E-state index >= 15 is 0 Å². The number of piperidine rings is 1. The number of aliphatic hydroxyl groups is 2. The van der Waals surface area contributed by atoms with Crippen LogP contribution in [0.1, 0.15) is 48.9 Å². The predicted octanol–water partition coefficient (Wildman–Crippen LogP) is 3.16. The molecule has 1 aliphatic rings. The van der Waals surface area contributed by atoms with Crippen LogP contribution in [0.25, 0.3) is 21.8 Å². The zero-order chi connectivity index (χ0) is 30.0. The summed E-state index contributed by atoms with van der Waals surface area (Å²) in [6.07, 6.45) is 1.61. The number of ether oxygens (including phenoxy) is 2. The third-order valence-electron chi connectivity index (χ3n) is 8.28. The molecular formula is C31H40N6O5. The van der Waals surface area contributed by atoms with Crippen molar-refractivity contribution in [3.05, 3.63) is 57.8 Å². The summed E-state index contributed by atoms with van der Waals surface area (Å²) in [7, 11) is 3.19. The van der Waals surface area contributed by atoms with Crippen LogP contribution in [0.5, 0.6) is 11.5 Å². The average molecular weight is 577 g/mol. The minimum atomic E-state index is -0.0896. The van der Waals surface area contributed by atoms with Crippen LogP contribution in [0.3, 0.4) is 0 Å². The Morgan fingerprint density at radius 1 is 0.929 bits per heavy atom. The summed E-state index contributed by atoms with van der Waals surface area (Å²) in [5.74, 6) is 2.33. The van der Waals surface area contributed by atoms with E-state index in [4.69, 9.17) is 24.4 Å². The second kappa shape index (κ2) is 12.6. The molecular weight excluding hydrogens is 536 g/mol. The average Bonchev–Trinajstić information content (AvgIpc) is 3.00. The van der Waals surface area contributed by atoms with Gasteiger partial charge in [0.1, 0.15) is 5.82 Å². The van der Waals surface area contributed by atoms with Crippen LogP contribution in [0.15, 0.2) is 35.1 Å². The summed E-state index contributed by atoms with van der Waals surface area (Å²) in [6.45, 7) is 7.99. The van der Waals surface area contributed by atoms with Crippen LogP contribution in [-0.2, 0) is 0 Å². The SMILES string of the molecule is COc1cc2nc(N(CCO)CCO)nc(C(C)N3CCC(n4c(C)nc5ccc(C)cc5c4=O)CC3)c2cc1OC. The molecule has 1 saturated heterocycles. The first kappa shape index (κ1) is 29.7. The maximum atomic E-state index is 13.5. The molecule has 1 aliphatic heterocycles. The van der Waals surface area contributed by atoms with Gasteiger partial charge in [-0.05, 0) is 51.8 Å². The van der Waals surface area contributed by atoms with Crippen molar-refractivity contribution in [2.24, 2.45) is 0 Å². The molecule has 0 bridgehead atoms. The topological polar surface area (TPSA) is 126 Å². The van der Waals surface area contributed by atoms with Gasteiger partial charge in [0.25, 0.3) is 5.56 Å². The van der Waals surface area contributed by atoms with Crippen LogP contribution in [0, 0.1) is 13.8 Å². The molecule has 1 unspecified atom stereocenters. The lowest BCUT2D eigenvalue weighted by Crippen LogP contribution is -2.40. The number of anilines is 1. The number of methoxy groups -OCH3 is 2. The van der Waals surface area contributed by atoms with Crippen molar-refractivity contribution < 1.29 is 19.7 Å². The molecule has 42 heavy (non-hydrogen) atoms. The van der Waals surface area contributed by atoms with Crippen molar-refractivity contribution in [1.82, 2.24) is 24.4 Å². The Morgan fingerprint density at radius 3 is 2.24 bits per heavy atom. The molecule has 11 nitrogen and oxygen atoms in total. The van der Waals surface area contributed by atoms with E-state index in [2.05, 4.69) is 11.8 Å². The number of benzene rings is 2. The fourth-order valence-electron chi connectivity index (χ4n) is 6.04. The van der Waals surface area contributed by atoms with Gasteiger partial charge in [-0.1, -0.05) is 11.6 Å². The Bertz CT molecular complexity index is 1630. The van der Waals surface area contributed by atoms with E-state index < -0.39 is 0 Å². The van der Waals surface area contributed by atoms with Crippen LogP contribution >= 0.6 is 0 Å². The first-order chi connectivity index (χ1) is 20.3. The highest BCUT2D eigenvalue weighted by molar-refractivity contribution is 5.86. The van der Waals surface area contributed by atoms with Crippen molar-refractivity contribution in [2.75, 3.05) is 58.5 Å². The number of nitrogens with zero attached hydrogens (tertiary/aromatic N) is 6. The Morgan fingerprint density at radius 2 is 1.60 bits per heavy atom. The van der Waals surface area contributed by atoms with Crippen molar-refractivity contribution in [1.29, 1.82) is 0 Å². The van der Waals surface area contributed by atoms with E-state index in [1.165, 1.54) is 0 Å². The molecule has 0 spiro atoms. The first-order valence-corrected chi connectivity index (χ1v) is 14.4. The standard InChI is InChI=1S/C31H40N6O5/c1-19-6-7-25-24(16-19)30(40)37(21(3)32-25)22-8-10-35(11-9-22)20(2)29-23-17-27(41-4)28(42-5)18-26(23)33-31(34-29)36(12-14-38)13-15-39/h6-7,16-18,20,22,38-39H,8-15H2,1-5H3. The molecule has 3 heterocycles. The smallest absolute Gasteiger partial charge is 0.261 e. The summed E-state index contributed by atoms with van der Waals surface area (Å²) < 4.78 is 13.0. The second-order valence-corrected chi connectivity index (χ2v) is 10.9. The fourth-order valence-corrected chi connectivity index (χ4v) is 6.04. The van der Waals surface area contributed by atoms with Crippen LogP contribution in [0.2, 0.25) is 0 Å². The molecule has 0 saturated carbocycles. The normalized spacial score (nSPS) is 15.3. The Labute approximate surface area is 245 Å². The summed E-state index contributed by atoms with van der Waals surface area (Å²) in [5.41, 5.74) is 3.32. The van der Waals surface area contributed by atoms with Gasteiger partial charge in [0.15, 0.2) is 11.5 Å². The molecule has 0 radical (unpaired) electrons. The Kier molecular flexibility index (Phi) is 8.91. The van der Waals surface area contributed by atoms with Crippen LogP contribution in [0.4, 0.5) is 5.95 Å². The molecule has 0 amide bonds. The quantitative estimate of drug-likeness (QED) is 0.291. The van der Waals surface area contributed by atoms with Crippen LogP contribution < -0.4 is 19.9 Å². The number of rotatable bonds is 10. The van der Waals surface area contributed by atoms with Gasteiger partial charge in [-0.15, -0.1) is 0 Å². The highest BCUT2D eigenvalue weighted by atomic mass is 16.5. The van der Waals surface area contributed by atoms with Gasteiger partial charge >= 0.3 is 0 Å². The van der Waals surface area contributed by atoms with Gasteiger partial charge < -0.3 is 24.6 Å². The van der Waals surface area contributed by atoms with Gasteiger partial charge in [-0.3, -0.25) is 14.3 Å². The Hall–Kier alpha value is -3.80. The van der Waals surface area contributed by atoms with E-state index in [0.717, 1.165) is 53.9 Å². The van der Waals surface area contributed by atoms with Crippen molar-refractivity contribution >= 4 is 27.8 Å². The minimum absolute atomic E-state index is 0.0213. The maximum Gasteiger partial charge on any atom is 0.261 e. The predicted molar refractivity (Wildman–Crippen MR) is 163 cm³/mol. The maximum absolute atomic E-state index is 13.5. The lowest BCUT2D eigenvalue weighted by molar-refractivity contribution is 0.140. The zero-order valence-electron chi connectivity index (χ0n) is 25.0. The number of fused-ring (bicyclic) bond motifs is 2. The molecule has 11 heteroatoms. The monoisotopic (exact) mass is 576 g/mol. The number of likely N-dealkylation sites (tertiary alicyclic amines) is 1. The molecule has 4 aromatic rings. The fraction of sp³-hybridized carbons (Fsp3) is 0.484. The van der Waals surface area contributed by atoms with Gasteiger partial charge in [-0.2, -0.15) is 0 Å². The Balaban J connectivity index is 1.48. The molecule has 1 fully saturated rings. The van der Waals surface area contributed by atoms with Gasteiger partial charge in [0.05, 0.1) is 55.6 Å². The molecule has 2 aromatic heterocycles. The molecule has 0 aliphatic carbocycles. The third-order valence-corrected chi connectivity index (χ3v) is 8.28. The number of aromatic nitrogens is 4. The van der Waals surface area contributed by atoms with E-state index in [9.17, 15) is 15.0 Å². The molecule has 5 rings (SSSR count). The lowest BCUT2D eigenvalue weighted by Gasteiger charge is -2.37. The van der Waals surface area contributed by atoms with E-state index in [1.807, 2.05) is 48.7 Å². The second-order valence-electron chi connectivity index (χ2n) is 10.9. The summed E-state index contributed by atoms with van der Waals surface area (Å²) in [4.78, 5) is 32.2. The van der Waals surface area contributed by atoms with E-state index in [-0.39, 0.29) is 30.9 Å². The summed E-state index contributed by atoms with van der Waals surface area (Å²) >= 11 is 0. The third kappa shape index (κ3) is 5.64. The summed E-state index contributed by atoms with van der Waals surface area (Å²) in [6, 6.07) is 9.56.